The van der Waals surface area contributed by atoms with Gasteiger partial charge in [0.25, 0.3) is 0 Å². The van der Waals surface area contributed by atoms with Crippen LogP contribution in [-0.2, 0) is 18.9 Å². The van der Waals surface area contributed by atoms with Gasteiger partial charge in [0.15, 0.2) is 0 Å². The van der Waals surface area contributed by atoms with Crippen LogP contribution in [0.25, 0.3) is 0 Å². The van der Waals surface area contributed by atoms with E-state index in [9.17, 15) is 0 Å². The van der Waals surface area contributed by atoms with E-state index in [4.69, 9.17) is 18.9 Å². The Labute approximate surface area is 97.2 Å². The molecule has 2 saturated heterocycles. The predicted octanol–water partition coefficient (Wildman–Crippen LogP) is 1.38. The predicted molar refractivity (Wildman–Crippen MR) is 59.6 cm³/mol. The Balaban J connectivity index is 1.69. The second-order valence-electron chi connectivity index (χ2n) is 4.63. The van der Waals surface area contributed by atoms with Crippen LogP contribution in [0.3, 0.4) is 0 Å². The van der Waals surface area contributed by atoms with Crippen LogP contribution in [0.5, 0.6) is 0 Å². The maximum absolute atomic E-state index is 5.96. The molecule has 0 amide bonds. The lowest BCUT2D eigenvalue weighted by Gasteiger charge is -2.31. The number of epoxide rings is 2. The molecule has 0 bridgehead atoms. The molecule has 2 heterocycles. The van der Waals surface area contributed by atoms with E-state index >= 15 is 0 Å². The van der Waals surface area contributed by atoms with Crippen LogP contribution >= 0.6 is 0 Å². The molecule has 0 aromatic heterocycles. The molecule has 2 aliphatic rings. The topological polar surface area (TPSA) is 43.5 Å². The van der Waals surface area contributed by atoms with Crippen molar-refractivity contribution in [3.05, 3.63) is 0 Å². The van der Waals surface area contributed by atoms with Crippen molar-refractivity contribution in [2.45, 2.75) is 44.5 Å². The number of ether oxygens (including phenoxy) is 4. The lowest BCUT2D eigenvalue weighted by molar-refractivity contribution is -0.107. The average Bonchev–Trinajstić information content (AvgIpc) is 3.17. The van der Waals surface area contributed by atoms with Crippen LogP contribution in [0.15, 0.2) is 0 Å². The molecule has 0 aliphatic carbocycles. The van der Waals surface area contributed by atoms with Gasteiger partial charge in [0.2, 0.25) is 0 Å². The minimum absolute atomic E-state index is 0.138. The van der Waals surface area contributed by atoms with Crippen molar-refractivity contribution in [1.82, 2.24) is 0 Å². The molecule has 0 radical (unpaired) electrons. The number of hydrogen-bond donors (Lipinski definition) is 0. The summed E-state index contributed by atoms with van der Waals surface area (Å²) in [6, 6.07) is 0. The lowest BCUT2D eigenvalue weighted by atomic mass is 9.98. The van der Waals surface area contributed by atoms with Gasteiger partial charge in [0.1, 0.15) is 12.2 Å². The molecule has 0 N–H and O–H groups in total. The van der Waals surface area contributed by atoms with E-state index < -0.39 is 0 Å². The average molecular weight is 230 g/mol. The smallest absolute Gasteiger partial charge is 0.104 e. The van der Waals surface area contributed by atoms with E-state index in [1.165, 1.54) is 0 Å². The van der Waals surface area contributed by atoms with Gasteiger partial charge in [-0.3, -0.25) is 0 Å². The molecule has 2 aliphatic heterocycles. The number of hydrogen-bond acceptors (Lipinski definition) is 4. The Kier molecular flexibility index (Phi) is 4.19. The van der Waals surface area contributed by atoms with Gasteiger partial charge in [0, 0.05) is 0 Å². The highest BCUT2D eigenvalue weighted by molar-refractivity contribution is 4.80. The van der Waals surface area contributed by atoms with Crippen LogP contribution in [0.2, 0.25) is 0 Å². The zero-order chi connectivity index (χ0) is 11.4. The Hall–Kier alpha value is -0.160. The summed E-state index contributed by atoms with van der Waals surface area (Å²) in [5.74, 6) is 0. The maximum Gasteiger partial charge on any atom is 0.104 e. The molecular weight excluding hydrogens is 208 g/mol. The van der Waals surface area contributed by atoms with Gasteiger partial charge in [-0.15, -0.1) is 0 Å². The highest BCUT2D eigenvalue weighted by Gasteiger charge is 2.33. The zero-order valence-electron chi connectivity index (χ0n) is 10.2. The molecule has 4 nitrogen and oxygen atoms in total. The summed E-state index contributed by atoms with van der Waals surface area (Å²) in [7, 11) is 0. The standard InChI is InChI=1S/C12H22O4/c1-3-12(4-2,16-8-11-7-15-11)9-13-5-10-6-14-10/h10-11H,3-9H2,1-2H3. The van der Waals surface area contributed by atoms with Crippen LogP contribution in [0.4, 0.5) is 0 Å². The molecule has 0 spiro atoms. The summed E-state index contributed by atoms with van der Waals surface area (Å²) < 4.78 is 21.9. The van der Waals surface area contributed by atoms with E-state index in [1.807, 2.05) is 0 Å². The molecule has 94 valence electrons. The van der Waals surface area contributed by atoms with Crippen molar-refractivity contribution in [3.8, 4) is 0 Å². The first-order valence-electron chi connectivity index (χ1n) is 6.23. The normalized spacial score (nSPS) is 28.1. The van der Waals surface area contributed by atoms with Gasteiger partial charge in [0.05, 0.1) is 38.6 Å². The Morgan fingerprint density at radius 2 is 1.62 bits per heavy atom. The summed E-state index contributed by atoms with van der Waals surface area (Å²) >= 11 is 0. The van der Waals surface area contributed by atoms with Crippen molar-refractivity contribution in [1.29, 1.82) is 0 Å². The fourth-order valence-electron chi connectivity index (χ4n) is 1.67. The first kappa shape index (κ1) is 12.3. The largest absolute Gasteiger partial charge is 0.376 e. The van der Waals surface area contributed by atoms with Gasteiger partial charge in [-0.25, -0.2) is 0 Å². The van der Waals surface area contributed by atoms with Crippen LogP contribution in [0.1, 0.15) is 26.7 Å². The van der Waals surface area contributed by atoms with Gasteiger partial charge < -0.3 is 18.9 Å². The first-order chi connectivity index (χ1) is 7.78. The van der Waals surface area contributed by atoms with Gasteiger partial charge in [-0.1, -0.05) is 13.8 Å². The molecule has 2 atom stereocenters. The Bertz CT molecular complexity index is 207. The summed E-state index contributed by atoms with van der Waals surface area (Å²) in [6.45, 7) is 8.05. The summed E-state index contributed by atoms with van der Waals surface area (Å²) in [6.07, 6.45) is 2.60. The van der Waals surface area contributed by atoms with Gasteiger partial charge in [-0.05, 0) is 12.8 Å². The van der Waals surface area contributed by atoms with E-state index in [-0.39, 0.29) is 5.60 Å². The molecule has 4 heteroatoms. The molecule has 2 fully saturated rings. The summed E-state index contributed by atoms with van der Waals surface area (Å²) in [5, 5.41) is 0. The van der Waals surface area contributed by atoms with Crippen molar-refractivity contribution >= 4 is 0 Å². The monoisotopic (exact) mass is 230 g/mol. The molecule has 16 heavy (non-hydrogen) atoms. The summed E-state index contributed by atoms with van der Waals surface area (Å²) in [5.41, 5.74) is -0.138. The van der Waals surface area contributed by atoms with Crippen LogP contribution in [0, 0.1) is 0 Å². The van der Waals surface area contributed by atoms with Crippen LogP contribution in [-0.4, -0.2) is 50.8 Å². The molecule has 0 aromatic rings. The second kappa shape index (κ2) is 5.45. The quantitative estimate of drug-likeness (QED) is 0.561. The number of rotatable bonds is 9. The van der Waals surface area contributed by atoms with E-state index in [1.54, 1.807) is 0 Å². The first-order valence-corrected chi connectivity index (χ1v) is 6.23. The minimum Gasteiger partial charge on any atom is -0.376 e. The Morgan fingerprint density at radius 1 is 1.06 bits per heavy atom. The second-order valence-corrected chi connectivity index (χ2v) is 4.63. The van der Waals surface area contributed by atoms with Gasteiger partial charge in [-0.2, -0.15) is 0 Å². The van der Waals surface area contributed by atoms with Crippen molar-refractivity contribution < 1.29 is 18.9 Å². The minimum atomic E-state index is -0.138. The van der Waals surface area contributed by atoms with Gasteiger partial charge >= 0.3 is 0 Å². The molecule has 2 unspecified atom stereocenters. The van der Waals surface area contributed by atoms with Crippen molar-refractivity contribution in [3.63, 3.8) is 0 Å². The Morgan fingerprint density at radius 3 is 2.12 bits per heavy atom. The highest BCUT2D eigenvalue weighted by Crippen LogP contribution is 2.24. The fourth-order valence-corrected chi connectivity index (χ4v) is 1.67. The van der Waals surface area contributed by atoms with E-state index in [0.717, 1.165) is 26.1 Å². The zero-order valence-corrected chi connectivity index (χ0v) is 10.2. The van der Waals surface area contributed by atoms with E-state index in [0.29, 0.717) is 32.0 Å². The van der Waals surface area contributed by atoms with Crippen molar-refractivity contribution in [2.24, 2.45) is 0 Å². The summed E-state index contributed by atoms with van der Waals surface area (Å²) in [4.78, 5) is 0. The lowest BCUT2D eigenvalue weighted by Crippen LogP contribution is -2.38. The van der Waals surface area contributed by atoms with Crippen LogP contribution < -0.4 is 0 Å². The molecule has 0 saturated carbocycles. The molecule has 2 rings (SSSR count). The van der Waals surface area contributed by atoms with Crippen molar-refractivity contribution in [2.75, 3.05) is 33.0 Å². The maximum atomic E-state index is 5.96. The SMILES string of the molecule is CCC(CC)(COCC1CO1)OCC1CO1. The molecular formula is C12H22O4. The fraction of sp³-hybridized carbons (Fsp3) is 1.00. The third kappa shape index (κ3) is 3.70. The highest BCUT2D eigenvalue weighted by atomic mass is 16.6. The van der Waals surface area contributed by atoms with E-state index in [2.05, 4.69) is 13.8 Å². The third-order valence-corrected chi connectivity index (χ3v) is 3.34. The third-order valence-electron chi connectivity index (χ3n) is 3.34. The molecule has 0 aromatic carbocycles.